The zero-order valence-corrected chi connectivity index (χ0v) is 36.1. The highest BCUT2D eigenvalue weighted by molar-refractivity contribution is 5.59. The van der Waals surface area contributed by atoms with Gasteiger partial charge in [-0.1, -0.05) is 161 Å². The van der Waals surface area contributed by atoms with Crippen molar-refractivity contribution in [3.8, 4) is 11.6 Å². The summed E-state index contributed by atoms with van der Waals surface area (Å²) in [7, 11) is 1.64. The standard InChI is InChI=1S/C48H81N5O3/c1-42-46(52-35-31-43(32-36-52)56-44-29-30-45(54-2)49-37-44)50-41-51-47(42)53-34-28-26-24-22-20-18-16-14-12-10-8-6-4-3-5-7-9-11-13-15-17-19-21-23-25-27-33-48(38-53)39-55-40-48/h29-30,37,41,43H,3-28,31-36,38-40H2,1-2H3. The van der Waals surface area contributed by atoms with Crippen LogP contribution in [0.1, 0.15) is 192 Å². The van der Waals surface area contributed by atoms with Crippen molar-refractivity contribution in [2.45, 2.75) is 199 Å². The minimum atomic E-state index is 0.172. The molecule has 5 heterocycles. The normalized spacial score (nSPS) is 22.4. The molecule has 8 nitrogen and oxygen atoms in total. The molecule has 5 rings (SSSR count). The van der Waals surface area contributed by atoms with E-state index in [1.807, 2.05) is 18.5 Å². The number of nitrogens with zero attached hydrogens (tertiary/aromatic N) is 5. The van der Waals surface area contributed by atoms with Gasteiger partial charge in [0, 0.05) is 56.1 Å². The predicted octanol–water partition coefficient (Wildman–Crippen LogP) is 12.6. The molecule has 0 aliphatic carbocycles. The molecule has 0 saturated carbocycles. The lowest BCUT2D eigenvalue weighted by molar-refractivity contribution is -0.113. The SMILES string of the molecule is COc1ccc(OC2CCN(c3ncnc(N4CCCCCCCCCCCCCCCCCCCCCCCCCCCCC5(COC5)C4)c3C)CC2)cn1. The summed E-state index contributed by atoms with van der Waals surface area (Å²) in [4.78, 5) is 19.3. The van der Waals surface area contributed by atoms with Gasteiger partial charge < -0.3 is 24.0 Å². The van der Waals surface area contributed by atoms with Crippen LogP contribution in [0.2, 0.25) is 0 Å². The van der Waals surface area contributed by atoms with E-state index in [0.717, 1.165) is 69.6 Å². The van der Waals surface area contributed by atoms with Gasteiger partial charge in [-0.3, -0.25) is 0 Å². The Morgan fingerprint density at radius 2 is 1.04 bits per heavy atom. The van der Waals surface area contributed by atoms with Crippen molar-refractivity contribution in [1.29, 1.82) is 0 Å². The molecule has 2 aromatic rings. The number of rotatable bonds is 5. The Kier molecular flexibility index (Phi) is 21.0. The van der Waals surface area contributed by atoms with E-state index < -0.39 is 0 Å². The molecule has 0 N–H and O–H groups in total. The van der Waals surface area contributed by atoms with Crippen molar-refractivity contribution in [2.24, 2.45) is 5.41 Å². The van der Waals surface area contributed by atoms with E-state index in [1.54, 1.807) is 13.3 Å². The Morgan fingerprint density at radius 1 is 0.571 bits per heavy atom. The minimum Gasteiger partial charge on any atom is -0.489 e. The van der Waals surface area contributed by atoms with Gasteiger partial charge in [0.1, 0.15) is 29.8 Å². The van der Waals surface area contributed by atoms with Gasteiger partial charge in [-0.25, -0.2) is 15.0 Å². The topological polar surface area (TPSA) is 72.8 Å². The van der Waals surface area contributed by atoms with E-state index in [9.17, 15) is 0 Å². The number of hydrogen-bond acceptors (Lipinski definition) is 8. The first kappa shape index (κ1) is 44.5. The molecule has 3 saturated heterocycles. The second-order valence-electron chi connectivity index (χ2n) is 17.8. The monoisotopic (exact) mass is 776 g/mol. The third-order valence-electron chi connectivity index (χ3n) is 13.0. The average molecular weight is 776 g/mol. The number of piperidine rings is 1. The second kappa shape index (κ2) is 26.4. The van der Waals surface area contributed by atoms with Gasteiger partial charge in [0.15, 0.2) is 0 Å². The van der Waals surface area contributed by atoms with Crippen LogP contribution in [-0.4, -0.2) is 67.6 Å². The Labute approximate surface area is 342 Å². The molecule has 0 aromatic carbocycles. The van der Waals surface area contributed by atoms with E-state index >= 15 is 0 Å². The molecule has 8 heteroatoms. The van der Waals surface area contributed by atoms with Gasteiger partial charge in [-0.05, 0) is 25.8 Å². The van der Waals surface area contributed by atoms with Gasteiger partial charge in [0.05, 0.1) is 26.5 Å². The zero-order chi connectivity index (χ0) is 38.9. The van der Waals surface area contributed by atoms with Crippen LogP contribution < -0.4 is 19.3 Å². The van der Waals surface area contributed by atoms with Crippen LogP contribution in [0.25, 0.3) is 0 Å². The molecule has 0 amide bonds. The van der Waals surface area contributed by atoms with Crippen LogP contribution in [0.3, 0.4) is 0 Å². The maximum atomic E-state index is 6.30. The zero-order valence-electron chi connectivity index (χ0n) is 36.1. The molecule has 56 heavy (non-hydrogen) atoms. The van der Waals surface area contributed by atoms with Crippen molar-refractivity contribution in [2.75, 3.05) is 56.3 Å². The number of anilines is 2. The fourth-order valence-corrected chi connectivity index (χ4v) is 9.42. The summed E-state index contributed by atoms with van der Waals surface area (Å²) < 4.78 is 17.5. The molecule has 316 valence electrons. The van der Waals surface area contributed by atoms with Gasteiger partial charge in [-0.15, -0.1) is 0 Å². The van der Waals surface area contributed by atoms with Crippen molar-refractivity contribution in [3.63, 3.8) is 0 Å². The van der Waals surface area contributed by atoms with Crippen LogP contribution in [0.15, 0.2) is 24.7 Å². The maximum Gasteiger partial charge on any atom is 0.213 e. The number of methoxy groups -OCH3 is 1. The smallest absolute Gasteiger partial charge is 0.213 e. The summed E-state index contributed by atoms with van der Waals surface area (Å²) >= 11 is 0. The molecule has 3 aliphatic rings. The van der Waals surface area contributed by atoms with Crippen molar-refractivity contribution < 1.29 is 14.2 Å². The van der Waals surface area contributed by atoms with Gasteiger partial charge >= 0.3 is 0 Å². The third-order valence-corrected chi connectivity index (χ3v) is 13.0. The fraction of sp³-hybridized carbons (Fsp3) is 0.812. The molecule has 0 atom stereocenters. The summed E-state index contributed by atoms with van der Waals surface area (Å²) in [6.07, 6.45) is 43.6. The van der Waals surface area contributed by atoms with Gasteiger partial charge in [0.25, 0.3) is 0 Å². The van der Waals surface area contributed by atoms with Crippen molar-refractivity contribution >= 4 is 11.6 Å². The number of ether oxygens (including phenoxy) is 3. The van der Waals surface area contributed by atoms with Crippen LogP contribution in [0.4, 0.5) is 11.6 Å². The Hall–Kier alpha value is -2.61. The highest BCUT2D eigenvalue weighted by atomic mass is 16.5. The molecule has 3 aliphatic heterocycles. The third kappa shape index (κ3) is 16.0. The van der Waals surface area contributed by atoms with Gasteiger partial charge in [0.2, 0.25) is 5.88 Å². The highest BCUT2D eigenvalue weighted by Crippen LogP contribution is 2.38. The number of hydrogen-bond donors (Lipinski definition) is 0. The molecular formula is C48H81N5O3. The summed E-state index contributed by atoms with van der Waals surface area (Å²) in [6.45, 7) is 7.96. The van der Waals surface area contributed by atoms with E-state index in [0.29, 0.717) is 5.88 Å². The summed E-state index contributed by atoms with van der Waals surface area (Å²) in [6, 6.07) is 3.81. The van der Waals surface area contributed by atoms with Crippen LogP contribution >= 0.6 is 0 Å². The largest absolute Gasteiger partial charge is 0.489 e. The number of aromatic nitrogens is 3. The van der Waals surface area contributed by atoms with Gasteiger partial charge in [-0.2, -0.15) is 0 Å². The first-order valence-electron chi connectivity index (χ1n) is 23.7. The predicted molar refractivity (Wildman–Crippen MR) is 234 cm³/mol. The molecule has 0 bridgehead atoms. The maximum absolute atomic E-state index is 6.30. The van der Waals surface area contributed by atoms with E-state index in [1.165, 1.54) is 179 Å². The Morgan fingerprint density at radius 3 is 1.46 bits per heavy atom. The fourth-order valence-electron chi connectivity index (χ4n) is 9.42. The molecular weight excluding hydrogens is 695 g/mol. The number of pyridine rings is 1. The minimum absolute atomic E-state index is 0.172. The molecule has 3 fully saturated rings. The molecule has 0 radical (unpaired) electrons. The lowest BCUT2D eigenvalue weighted by Crippen LogP contribution is -2.51. The van der Waals surface area contributed by atoms with Crippen LogP contribution in [0.5, 0.6) is 11.6 Å². The summed E-state index contributed by atoms with van der Waals surface area (Å²) in [5.41, 5.74) is 1.46. The molecule has 2 aromatic heterocycles. The van der Waals surface area contributed by atoms with Crippen molar-refractivity contribution in [1.82, 2.24) is 15.0 Å². The first-order chi connectivity index (χ1) is 27.7. The Balaban J connectivity index is 1.14. The van der Waals surface area contributed by atoms with E-state index in [-0.39, 0.29) is 11.5 Å². The summed E-state index contributed by atoms with van der Waals surface area (Å²) in [5, 5.41) is 0. The second-order valence-corrected chi connectivity index (χ2v) is 17.8. The quantitative estimate of drug-likeness (QED) is 0.297. The molecule has 0 unspecified atom stereocenters. The lowest BCUT2D eigenvalue weighted by Gasteiger charge is -2.45. The molecule has 1 spiro atoms. The first-order valence-corrected chi connectivity index (χ1v) is 23.7. The van der Waals surface area contributed by atoms with E-state index in [4.69, 9.17) is 24.2 Å². The lowest BCUT2D eigenvalue weighted by atomic mass is 9.79. The van der Waals surface area contributed by atoms with Crippen molar-refractivity contribution in [3.05, 3.63) is 30.2 Å². The Bertz CT molecular complexity index is 1300. The van der Waals surface area contributed by atoms with E-state index in [2.05, 4.69) is 21.7 Å². The summed E-state index contributed by atoms with van der Waals surface area (Å²) in [5.74, 6) is 3.63. The average Bonchev–Trinajstić information content (AvgIpc) is 3.20. The highest BCUT2D eigenvalue weighted by Gasteiger charge is 2.40. The van der Waals surface area contributed by atoms with Crippen LogP contribution in [-0.2, 0) is 4.74 Å². The van der Waals surface area contributed by atoms with Crippen LogP contribution in [0, 0.1) is 12.3 Å².